The van der Waals surface area contributed by atoms with Gasteiger partial charge in [0.05, 0.1) is 34.3 Å². The van der Waals surface area contributed by atoms with E-state index in [0.717, 1.165) is 0 Å². The number of ether oxygens (including phenoxy) is 2. The van der Waals surface area contributed by atoms with Gasteiger partial charge >= 0.3 is 7.60 Å². The maximum Gasteiger partial charge on any atom is 0.334 e. The summed E-state index contributed by atoms with van der Waals surface area (Å²) in [6.07, 6.45) is -0.202. The second-order valence-corrected chi connectivity index (χ2v) is 15.6. The fourth-order valence-electron chi connectivity index (χ4n) is 2.80. The molecule has 2 aliphatic rings. The summed E-state index contributed by atoms with van der Waals surface area (Å²) < 4.78 is 57.8. The quantitative estimate of drug-likeness (QED) is 0.315. The van der Waals surface area contributed by atoms with Crippen molar-refractivity contribution < 1.29 is 35.4 Å². The lowest BCUT2D eigenvalue weighted by Gasteiger charge is -2.39. The lowest BCUT2D eigenvalue weighted by atomic mass is 10.2. The highest BCUT2D eigenvalue weighted by molar-refractivity contribution is 7.54. The molecule has 2 fully saturated rings. The Kier molecular flexibility index (Phi) is 7.44. The molecule has 7 nitrogen and oxygen atoms in total. The summed E-state index contributed by atoms with van der Waals surface area (Å²) in [5, 5.41) is 9.44. The van der Waals surface area contributed by atoms with Crippen LogP contribution in [0, 0.1) is 0 Å². The largest absolute Gasteiger partial charge is 0.411 e. The molecule has 0 aliphatic carbocycles. The average Bonchev–Trinajstić information content (AvgIpc) is 3.13. The Bertz CT molecular complexity index is 630. The average molecular weight is 441 g/mol. The molecule has 0 amide bonds. The van der Waals surface area contributed by atoms with Gasteiger partial charge in [0.25, 0.3) is 0 Å². The SMILES string of the molecule is [3H][C@H]1C[C@@H](O[Si](C)(C)C(C)(C)C)[C@@H](CO[P@](=O)(CC=C)O[C@@H]2C[C@H]([3H])O[C@@H]2CO)O1. The lowest BCUT2D eigenvalue weighted by Crippen LogP contribution is -2.46. The molecule has 0 aromatic rings. The molecule has 2 heterocycles. The van der Waals surface area contributed by atoms with Crippen LogP contribution in [0.25, 0.3) is 0 Å². The molecule has 2 aliphatic heterocycles. The number of rotatable bonds is 10. The number of aliphatic hydroxyl groups is 1. The van der Waals surface area contributed by atoms with Gasteiger partial charge in [0.2, 0.25) is 0 Å². The van der Waals surface area contributed by atoms with E-state index in [1.807, 2.05) is 0 Å². The van der Waals surface area contributed by atoms with Crippen LogP contribution in [-0.4, -0.2) is 70.4 Å². The molecular weight excluding hydrogens is 399 g/mol. The van der Waals surface area contributed by atoms with Gasteiger partial charge in [-0.3, -0.25) is 4.57 Å². The summed E-state index contributed by atoms with van der Waals surface area (Å²) in [4.78, 5) is 0. The van der Waals surface area contributed by atoms with Gasteiger partial charge in [-0.15, -0.1) is 6.58 Å². The number of aliphatic hydroxyl groups excluding tert-OH is 1. The van der Waals surface area contributed by atoms with Crippen molar-refractivity contribution in [2.75, 3.05) is 32.5 Å². The van der Waals surface area contributed by atoms with Gasteiger partial charge in [-0.1, -0.05) is 26.8 Å². The zero-order valence-electron chi connectivity index (χ0n) is 19.6. The molecule has 0 unspecified atom stereocenters. The molecule has 28 heavy (non-hydrogen) atoms. The van der Waals surface area contributed by atoms with E-state index in [2.05, 4.69) is 40.4 Å². The fourth-order valence-corrected chi connectivity index (χ4v) is 5.74. The molecule has 9 heteroatoms. The van der Waals surface area contributed by atoms with Gasteiger partial charge in [-0.2, -0.15) is 0 Å². The molecule has 0 spiro atoms. The van der Waals surface area contributed by atoms with Crippen LogP contribution in [0.4, 0.5) is 0 Å². The van der Waals surface area contributed by atoms with Crippen LogP contribution in [0.2, 0.25) is 18.1 Å². The predicted octanol–water partition coefficient (Wildman–Crippen LogP) is 3.73. The Morgan fingerprint density at radius 3 is 2.43 bits per heavy atom. The lowest BCUT2D eigenvalue weighted by molar-refractivity contribution is -0.00678. The number of hydrogen-bond donors (Lipinski definition) is 1. The monoisotopic (exact) mass is 440 g/mol. The second kappa shape index (κ2) is 9.84. The summed E-state index contributed by atoms with van der Waals surface area (Å²) in [5.41, 5.74) is 0. The van der Waals surface area contributed by atoms with E-state index in [1.165, 1.54) is 6.08 Å². The zero-order valence-corrected chi connectivity index (χ0v) is 19.5. The minimum absolute atomic E-state index is 0.00828. The minimum Gasteiger partial charge on any atom is -0.411 e. The Hall–Kier alpha value is -0.0531. The zero-order chi connectivity index (χ0) is 22.7. The highest BCUT2D eigenvalue weighted by Crippen LogP contribution is 2.51. The fraction of sp³-hybridized carbons (Fsp3) is 0.895. The molecule has 164 valence electrons. The van der Waals surface area contributed by atoms with Crippen molar-refractivity contribution in [3.63, 3.8) is 0 Å². The van der Waals surface area contributed by atoms with Crippen LogP contribution in [0.1, 0.15) is 36.4 Å². The molecule has 0 aromatic heterocycles. The van der Waals surface area contributed by atoms with Crippen LogP contribution < -0.4 is 0 Å². The van der Waals surface area contributed by atoms with Gasteiger partial charge in [-0.05, 0) is 24.6 Å². The summed E-state index contributed by atoms with van der Waals surface area (Å²) in [5.74, 6) is 0. The molecule has 2 rings (SSSR count). The van der Waals surface area contributed by atoms with Crippen molar-refractivity contribution in [1.29, 1.82) is 0 Å². The summed E-state index contributed by atoms with van der Waals surface area (Å²) >= 11 is 0. The normalized spacial score (nSPS) is 37.4. The third-order valence-corrected chi connectivity index (χ3v) is 11.9. The van der Waals surface area contributed by atoms with Gasteiger partial charge < -0.3 is 28.1 Å². The summed E-state index contributed by atoms with van der Waals surface area (Å²) in [6.45, 7) is 12.4. The van der Waals surface area contributed by atoms with Crippen molar-refractivity contribution in [1.82, 2.24) is 0 Å². The summed E-state index contributed by atoms with van der Waals surface area (Å²) in [6, 6.07) is 0. The molecule has 7 atom stereocenters. The van der Waals surface area contributed by atoms with Gasteiger partial charge in [-0.25, -0.2) is 0 Å². The maximum absolute atomic E-state index is 13.3. The Labute approximate surface area is 173 Å². The minimum atomic E-state index is -3.61. The highest BCUT2D eigenvalue weighted by atomic mass is 31.2. The Balaban J connectivity index is 2.04. The van der Waals surface area contributed by atoms with Crippen molar-refractivity contribution in [3.8, 4) is 0 Å². The van der Waals surface area contributed by atoms with Crippen molar-refractivity contribution in [3.05, 3.63) is 12.7 Å². The third kappa shape index (κ3) is 6.22. The molecular formula is C19H37O7PSi. The van der Waals surface area contributed by atoms with Crippen molar-refractivity contribution in [2.24, 2.45) is 0 Å². The van der Waals surface area contributed by atoms with Crippen LogP contribution in [0.3, 0.4) is 0 Å². The van der Waals surface area contributed by atoms with Crippen molar-refractivity contribution in [2.45, 2.75) is 76.2 Å². The third-order valence-electron chi connectivity index (χ3n) is 5.54. The second-order valence-electron chi connectivity index (χ2n) is 8.77. The van der Waals surface area contributed by atoms with E-state index in [9.17, 15) is 9.67 Å². The van der Waals surface area contributed by atoms with E-state index >= 15 is 0 Å². The van der Waals surface area contributed by atoms with Crippen LogP contribution in [0.15, 0.2) is 12.7 Å². The van der Waals surface area contributed by atoms with Gasteiger partial charge in [0.1, 0.15) is 12.2 Å². The molecule has 1 N–H and O–H groups in total. The smallest absolute Gasteiger partial charge is 0.334 e. The first kappa shape index (κ1) is 21.2. The topological polar surface area (TPSA) is 83.5 Å². The van der Waals surface area contributed by atoms with Crippen LogP contribution in [-0.2, 0) is 27.5 Å². The molecule has 0 radical (unpaired) electrons. The molecule has 2 saturated heterocycles. The van der Waals surface area contributed by atoms with Crippen LogP contribution >= 0.6 is 7.60 Å². The van der Waals surface area contributed by atoms with Crippen molar-refractivity contribution >= 4 is 15.9 Å². The van der Waals surface area contributed by atoms with Crippen LogP contribution in [0.5, 0.6) is 0 Å². The number of hydrogen-bond acceptors (Lipinski definition) is 7. The van der Waals surface area contributed by atoms with E-state index in [-0.39, 0.29) is 36.9 Å². The van der Waals surface area contributed by atoms with E-state index in [1.54, 1.807) is 0 Å². The first-order valence-electron chi connectivity index (χ1n) is 10.9. The van der Waals surface area contributed by atoms with Gasteiger partial charge in [0.15, 0.2) is 8.32 Å². The van der Waals surface area contributed by atoms with Gasteiger partial charge in [0, 0.05) is 19.6 Å². The van der Waals surface area contributed by atoms with E-state index in [0.29, 0.717) is 6.42 Å². The standard InChI is InChI=1S/C19H37O7PSi/c1-7-12-27(21,25-15-8-10-22-17(15)13-20)24-14-18-16(9-11-23-18)26-28(5,6)19(2,3)4/h7,15-18,20H,1,8-14H2,2-6H3/t15-,16-,17-,18-,27-/m1/s1/i10T,11T/t10-,11-,15+,16+,17+,18+,27+/m0. The Morgan fingerprint density at radius 2 is 1.86 bits per heavy atom. The predicted molar refractivity (Wildman–Crippen MR) is 111 cm³/mol. The Morgan fingerprint density at radius 1 is 1.25 bits per heavy atom. The molecule has 0 aromatic carbocycles. The summed E-state index contributed by atoms with van der Waals surface area (Å²) in [7, 11) is -5.69. The number of allylic oxidation sites excluding steroid dienone is 1. The highest BCUT2D eigenvalue weighted by Gasteiger charge is 2.43. The van der Waals surface area contributed by atoms with E-state index < -0.39 is 47.4 Å². The molecule has 0 saturated carbocycles. The van der Waals surface area contributed by atoms with E-state index in [4.69, 9.17) is 25.7 Å². The maximum atomic E-state index is 13.3. The first-order chi connectivity index (χ1) is 13.8. The first-order valence-corrected chi connectivity index (χ1v) is 14.4. The molecule has 0 bridgehead atoms.